The van der Waals surface area contributed by atoms with E-state index in [0.29, 0.717) is 0 Å². The molecule has 8 heteroatoms. The number of nitrogens with zero attached hydrogens (tertiary/aromatic N) is 6. The third-order valence-corrected chi connectivity index (χ3v) is 9.12. The van der Waals surface area contributed by atoms with E-state index in [0.717, 1.165) is 99.4 Å². The van der Waals surface area contributed by atoms with Crippen molar-refractivity contribution in [2.75, 3.05) is 0 Å². The van der Waals surface area contributed by atoms with E-state index in [1.807, 2.05) is 61.2 Å². The van der Waals surface area contributed by atoms with Gasteiger partial charge >= 0.3 is 0 Å². The summed E-state index contributed by atoms with van der Waals surface area (Å²) in [6.07, 6.45) is 7.28. The van der Waals surface area contributed by atoms with Gasteiger partial charge in [0.15, 0.2) is 0 Å². The molecule has 0 unspecified atom stereocenters. The first-order valence-electron chi connectivity index (χ1n) is 15.0. The van der Waals surface area contributed by atoms with E-state index < -0.39 is 0 Å². The van der Waals surface area contributed by atoms with Crippen molar-refractivity contribution in [1.82, 2.24) is 29.1 Å². The Morgan fingerprint density at radius 3 is 1.07 bits per heavy atom. The van der Waals surface area contributed by atoms with E-state index in [-0.39, 0.29) is 0 Å². The Labute approximate surface area is 258 Å². The van der Waals surface area contributed by atoms with Crippen molar-refractivity contribution in [3.63, 3.8) is 0 Å². The molecule has 8 nitrogen and oxygen atoms in total. The van der Waals surface area contributed by atoms with Crippen LogP contribution in [-0.4, -0.2) is 29.1 Å². The van der Waals surface area contributed by atoms with Crippen LogP contribution in [0, 0.1) is 0 Å². The molecule has 0 atom stereocenters. The molecule has 0 saturated heterocycles. The summed E-state index contributed by atoms with van der Waals surface area (Å²) in [5.74, 6) is 0. The molecule has 8 aromatic heterocycles. The highest BCUT2D eigenvalue weighted by atomic mass is 16.3. The molecule has 214 valence electrons. The molecule has 3 aromatic carbocycles. The number of hydrogen-bond acceptors (Lipinski definition) is 6. The van der Waals surface area contributed by atoms with Crippen molar-refractivity contribution >= 4 is 88.0 Å². The maximum Gasteiger partial charge on any atom is 0.146 e. The minimum atomic E-state index is 0.798. The average Bonchev–Trinajstić information content (AvgIpc) is 3.84. The number of furan rings is 2. The first kappa shape index (κ1) is 23.9. The fourth-order valence-electron chi connectivity index (χ4n) is 7.13. The molecule has 0 spiro atoms. The first-order chi connectivity index (χ1) is 22.8. The Kier molecular flexibility index (Phi) is 4.43. The van der Waals surface area contributed by atoms with Gasteiger partial charge in [0, 0.05) is 67.9 Å². The normalized spacial score (nSPS) is 12.3. The molecule has 0 fully saturated rings. The minimum Gasteiger partial charge on any atom is -0.456 e. The zero-order valence-corrected chi connectivity index (χ0v) is 24.0. The Morgan fingerprint density at radius 1 is 0.348 bits per heavy atom. The van der Waals surface area contributed by atoms with Crippen LogP contribution in [0.2, 0.25) is 0 Å². The van der Waals surface area contributed by atoms with Crippen LogP contribution in [0.3, 0.4) is 0 Å². The van der Waals surface area contributed by atoms with E-state index in [1.165, 1.54) is 0 Å². The quantitative estimate of drug-likeness (QED) is 0.199. The van der Waals surface area contributed by atoms with Crippen molar-refractivity contribution in [3.05, 3.63) is 122 Å². The van der Waals surface area contributed by atoms with E-state index in [4.69, 9.17) is 28.8 Å². The Balaban J connectivity index is 1.13. The summed E-state index contributed by atoms with van der Waals surface area (Å²) < 4.78 is 17.1. The Morgan fingerprint density at radius 2 is 0.696 bits per heavy atom. The molecule has 0 radical (unpaired) electrons. The molecule has 0 bridgehead atoms. The number of pyridine rings is 4. The summed E-state index contributed by atoms with van der Waals surface area (Å²) in [5.41, 5.74) is 8.62. The summed E-state index contributed by atoms with van der Waals surface area (Å²) in [6.45, 7) is 0. The molecule has 0 amide bonds. The lowest BCUT2D eigenvalue weighted by Gasteiger charge is -2.06. The topological polar surface area (TPSA) is 87.7 Å². The van der Waals surface area contributed by atoms with E-state index in [9.17, 15) is 0 Å². The van der Waals surface area contributed by atoms with Crippen molar-refractivity contribution in [1.29, 1.82) is 0 Å². The summed E-state index contributed by atoms with van der Waals surface area (Å²) in [4.78, 5) is 18.9. The monoisotopic (exact) mass is 592 g/mol. The van der Waals surface area contributed by atoms with Gasteiger partial charge in [0.1, 0.15) is 44.9 Å². The smallest absolute Gasteiger partial charge is 0.146 e. The summed E-state index contributed by atoms with van der Waals surface area (Å²) in [5, 5.41) is 8.25. The highest BCUT2D eigenvalue weighted by Crippen LogP contribution is 2.39. The summed E-state index contributed by atoms with van der Waals surface area (Å²) >= 11 is 0. The standard InChI is InChI=1S/C38H20N6O2/c1-5-23-24-6-2-14-40-36(24)43(35(23)39-13-1)21-9-11-31-27(17-21)29-19-34-30(20-33(29)45-31)28-18-22(10-12-32(28)46-34)44-37-25(7-3-15-41-37)26-8-4-16-42-38(26)44/h1-20H. The number of aromatic nitrogens is 6. The molecule has 0 aliphatic heterocycles. The van der Waals surface area contributed by atoms with E-state index in [2.05, 4.69) is 69.8 Å². The molecule has 11 rings (SSSR count). The molecular formula is C38H20N6O2. The largest absolute Gasteiger partial charge is 0.456 e. The molecule has 0 saturated carbocycles. The van der Waals surface area contributed by atoms with Gasteiger partial charge in [-0.25, -0.2) is 19.9 Å². The highest BCUT2D eigenvalue weighted by Gasteiger charge is 2.19. The van der Waals surface area contributed by atoms with Crippen LogP contribution in [0.4, 0.5) is 0 Å². The fourth-order valence-corrected chi connectivity index (χ4v) is 7.13. The van der Waals surface area contributed by atoms with Crippen LogP contribution in [-0.2, 0) is 0 Å². The highest BCUT2D eigenvalue weighted by molar-refractivity contribution is 6.16. The number of fused-ring (bicyclic) bond motifs is 12. The first-order valence-corrected chi connectivity index (χ1v) is 15.0. The van der Waals surface area contributed by atoms with Gasteiger partial charge in [-0.15, -0.1) is 0 Å². The van der Waals surface area contributed by atoms with Crippen LogP contribution in [0.15, 0.2) is 131 Å². The maximum absolute atomic E-state index is 6.44. The number of hydrogen-bond donors (Lipinski definition) is 0. The van der Waals surface area contributed by atoms with Gasteiger partial charge in [-0.3, -0.25) is 9.13 Å². The number of benzene rings is 3. The Hall–Kier alpha value is -6.54. The fraction of sp³-hybridized carbons (Fsp3) is 0. The molecule has 0 aliphatic rings. The van der Waals surface area contributed by atoms with E-state index in [1.54, 1.807) is 0 Å². The third-order valence-electron chi connectivity index (χ3n) is 9.12. The van der Waals surface area contributed by atoms with Gasteiger partial charge in [-0.05, 0) is 97.1 Å². The zero-order valence-electron chi connectivity index (χ0n) is 24.0. The van der Waals surface area contributed by atoms with Crippen LogP contribution in [0.5, 0.6) is 0 Å². The lowest BCUT2D eigenvalue weighted by atomic mass is 10.1. The predicted octanol–water partition coefficient (Wildman–Crippen LogP) is 9.26. The molecule has 0 N–H and O–H groups in total. The van der Waals surface area contributed by atoms with Gasteiger partial charge < -0.3 is 8.83 Å². The maximum atomic E-state index is 6.44. The molecule has 8 heterocycles. The third kappa shape index (κ3) is 3.07. The molecule has 11 aromatic rings. The Bertz CT molecular complexity index is 2740. The van der Waals surface area contributed by atoms with Crippen LogP contribution >= 0.6 is 0 Å². The van der Waals surface area contributed by atoms with Gasteiger partial charge in [0.05, 0.1) is 11.4 Å². The van der Waals surface area contributed by atoms with Gasteiger partial charge in [-0.1, -0.05) is 0 Å². The minimum absolute atomic E-state index is 0.798. The van der Waals surface area contributed by atoms with Crippen molar-refractivity contribution in [2.24, 2.45) is 0 Å². The lowest BCUT2D eigenvalue weighted by Crippen LogP contribution is -1.96. The van der Waals surface area contributed by atoms with Gasteiger partial charge in [-0.2, -0.15) is 0 Å². The second-order valence-corrected chi connectivity index (χ2v) is 11.6. The zero-order chi connectivity index (χ0) is 29.9. The summed E-state index contributed by atoms with van der Waals surface area (Å²) in [7, 11) is 0. The number of rotatable bonds is 2. The van der Waals surface area contributed by atoms with Gasteiger partial charge in [0.25, 0.3) is 0 Å². The van der Waals surface area contributed by atoms with Crippen molar-refractivity contribution in [3.8, 4) is 11.4 Å². The SMILES string of the molecule is c1cnc2c(c1)c1cccnc1n2-c1ccc2oc3cc4c(cc3c2c1)oc1ccc(-n2c3ncccc3c3cccnc32)cc14. The average molecular weight is 593 g/mol. The predicted molar refractivity (Wildman–Crippen MR) is 181 cm³/mol. The van der Waals surface area contributed by atoms with Crippen molar-refractivity contribution in [2.45, 2.75) is 0 Å². The second kappa shape index (κ2) is 8.55. The van der Waals surface area contributed by atoms with E-state index >= 15 is 0 Å². The van der Waals surface area contributed by atoms with Crippen LogP contribution in [0.25, 0.3) is 99.4 Å². The molecular weight excluding hydrogens is 572 g/mol. The molecule has 0 aliphatic carbocycles. The second-order valence-electron chi connectivity index (χ2n) is 11.6. The van der Waals surface area contributed by atoms with Crippen LogP contribution in [0.1, 0.15) is 0 Å². The molecule has 46 heavy (non-hydrogen) atoms. The van der Waals surface area contributed by atoms with Gasteiger partial charge in [0.2, 0.25) is 0 Å². The summed E-state index contributed by atoms with van der Waals surface area (Å²) in [6, 6.07) is 32.9. The van der Waals surface area contributed by atoms with Crippen molar-refractivity contribution < 1.29 is 8.83 Å². The lowest BCUT2D eigenvalue weighted by molar-refractivity contribution is 0.664. The van der Waals surface area contributed by atoms with Crippen LogP contribution < -0.4 is 0 Å².